The Hall–Kier alpha value is -1.55. The van der Waals surface area contributed by atoms with E-state index in [0.29, 0.717) is 12.3 Å². The topological polar surface area (TPSA) is 41.6 Å². The van der Waals surface area contributed by atoms with Crippen LogP contribution in [0.1, 0.15) is 45.1 Å². The first-order valence-electron chi connectivity index (χ1n) is 8.31. The van der Waals surface area contributed by atoms with Gasteiger partial charge in [-0.2, -0.15) is 0 Å². The Bertz CT molecular complexity index is 464. The molecule has 2 rings (SSSR count). The summed E-state index contributed by atoms with van der Waals surface area (Å²) in [4.78, 5) is 14.2. The summed E-state index contributed by atoms with van der Waals surface area (Å²) >= 11 is 0. The van der Waals surface area contributed by atoms with Crippen LogP contribution in [0.4, 0.5) is 0 Å². The monoisotopic (exact) mass is 304 g/mol. The zero-order chi connectivity index (χ0) is 15.9. The third-order valence-electron chi connectivity index (χ3n) is 4.08. The lowest BCUT2D eigenvalue weighted by molar-refractivity contribution is -0.131. The second-order valence-corrected chi connectivity index (χ2v) is 6.31. The Labute approximate surface area is 133 Å². The van der Waals surface area contributed by atoms with Crippen LogP contribution in [-0.4, -0.2) is 43.1 Å². The maximum atomic E-state index is 12.2. The van der Waals surface area contributed by atoms with Crippen LogP contribution in [0.2, 0.25) is 0 Å². The predicted molar refractivity (Wildman–Crippen MR) is 89.3 cm³/mol. The first-order chi connectivity index (χ1) is 10.6. The van der Waals surface area contributed by atoms with Gasteiger partial charge in [0.25, 0.3) is 0 Å². The molecule has 122 valence electrons. The molecular formula is C18H28N2O2. The molecule has 1 unspecified atom stereocenters. The van der Waals surface area contributed by atoms with Crippen molar-refractivity contribution in [1.29, 1.82) is 0 Å². The highest BCUT2D eigenvalue weighted by molar-refractivity contribution is 5.76. The Kier molecular flexibility index (Phi) is 6.25. The largest absolute Gasteiger partial charge is 0.491 e. The average molecular weight is 304 g/mol. The van der Waals surface area contributed by atoms with Crippen molar-refractivity contribution in [1.82, 2.24) is 10.2 Å². The van der Waals surface area contributed by atoms with Crippen LogP contribution in [0, 0.1) is 0 Å². The summed E-state index contributed by atoms with van der Waals surface area (Å²) in [6.07, 6.45) is 1.72. The van der Waals surface area contributed by atoms with E-state index in [1.165, 1.54) is 5.56 Å². The Morgan fingerprint density at radius 3 is 2.41 bits per heavy atom. The zero-order valence-electron chi connectivity index (χ0n) is 14.0. The molecule has 1 N–H and O–H groups in total. The highest BCUT2D eigenvalue weighted by atomic mass is 16.5. The number of nitrogens with zero attached hydrogens (tertiary/aromatic N) is 1. The molecule has 1 fully saturated rings. The van der Waals surface area contributed by atoms with E-state index >= 15 is 0 Å². The summed E-state index contributed by atoms with van der Waals surface area (Å²) in [7, 11) is 0. The molecule has 22 heavy (non-hydrogen) atoms. The first kappa shape index (κ1) is 16.8. The van der Waals surface area contributed by atoms with Crippen LogP contribution in [0.25, 0.3) is 0 Å². The first-order valence-corrected chi connectivity index (χ1v) is 8.31. The van der Waals surface area contributed by atoms with Crippen molar-refractivity contribution in [3.63, 3.8) is 0 Å². The molecule has 1 aromatic carbocycles. The lowest BCUT2D eigenvalue weighted by Gasteiger charge is -2.27. The highest BCUT2D eigenvalue weighted by Gasteiger charge is 2.17. The van der Waals surface area contributed by atoms with Crippen LogP contribution in [0.5, 0.6) is 5.75 Å². The van der Waals surface area contributed by atoms with Crippen LogP contribution < -0.4 is 10.1 Å². The van der Waals surface area contributed by atoms with Gasteiger partial charge in [0.15, 0.2) is 0 Å². The fourth-order valence-electron chi connectivity index (χ4n) is 2.73. The number of amides is 1. The van der Waals surface area contributed by atoms with Gasteiger partial charge >= 0.3 is 0 Å². The van der Waals surface area contributed by atoms with Crippen molar-refractivity contribution in [2.75, 3.05) is 26.2 Å². The Morgan fingerprint density at radius 1 is 1.18 bits per heavy atom. The third kappa shape index (κ3) is 5.02. The van der Waals surface area contributed by atoms with Crippen LogP contribution in [0.15, 0.2) is 24.3 Å². The molecule has 1 saturated heterocycles. The lowest BCUT2D eigenvalue weighted by Crippen LogP contribution is -2.46. The number of carbonyl (C=O) groups is 1. The van der Waals surface area contributed by atoms with Crippen molar-refractivity contribution in [2.24, 2.45) is 0 Å². The third-order valence-corrected chi connectivity index (χ3v) is 4.08. The van der Waals surface area contributed by atoms with E-state index in [1.807, 2.05) is 30.9 Å². The van der Waals surface area contributed by atoms with E-state index < -0.39 is 0 Å². The fraction of sp³-hybridized carbons (Fsp3) is 0.611. The minimum absolute atomic E-state index is 0.194. The average Bonchev–Trinajstić information content (AvgIpc) is 2.53. The van der Waals surface area contributed by atoms with Crippen molar-refractivity contribution < 1.29 is 9.53 Å². The van der Waals surface area contributed by atoms with E-state index in [-0.39, 0.29) is 12.0 Å². The van der Waals surface area contributed by atoms with Gasteiger partial charge in [-0.3, -0.25) is 4.79 Å². The van der Waals surface area contributed by atoms with Gasteiger partial charge < -0.3 is 15.0 Å². The lowest BCUT2D eigenvalue weighted by atomic mass is 9.96. The van der Waals surface area contributed by atoms with Crippen molar-refractivity contribution in [3.8, 4) is 5.75 Å². The molecule has 0 aliphatic carbocycles. The number of nitrogens with one attached hydrogen (secondary N) is 1. The Balaban J connectivity index is 1.81. The summed E-state index contributed by atoms with van der Waals surface area (Å²) in [5, 5.41) is 3.27. The van der Waals surface area contributed by atoms with Crippen molar-refractivity contribution >= 4 is 5.91 Å². The number of hydrogen-bond acceptors (Lipinski definition) is 3. The number of ether oxygens (including phenoxy) is 1. The molecule has 1 aliphatic heterocycles. The summed E-state index contributed by atoms with van der Waals surface area (Å²) in [6, 6.07) is 8.25. The van der Waals surface area contributed by atoms with Gasteiger partial charge in [0.1, 0.15) is 5.75 Å². The molecule has 1 aromatic rings. The summed E-state index contributed by atoms with van der Waals surface area (Å²) in [6.45, 7) is 9.75. The van der Waals surface area contributed by atoms with Gasteiger partial charge in [-0.05, 0) is 43.9 Å². The number of rotatable bonds is 6. The SMILES string of the molecule is CC(C)Oc1ccc(C(C)CCC(=O)N2CCNCC2)cc1. The fourth-order valence-corrected chi connectivity index (χ4v) is 2.73. The Morgan fingerprint density at radius 2 is 1.82 bits per heavy atom. The molecular weight excluding hydrogens is 276 g/mol. The summed E-state index contributed by atoms with van der Waals surface area (Å²) in [5.41, 5.74) is 1.27. The van der Waals surface area contributed by atoms with Crippen molar-refractivity contribution in [2.45, 2.75) is 45.6 Å². The van der Waals surface area contributed by atoms with E-state index in [2.05, 4.69) is 24.4 Å². The minimum atomic E-state index is 0.194. The van der Waals surface area contributed by atoms with Gasteiger partial charge in [-0.15, -0.1) is 0 Å². The van der Waals surface area contributed by atoms with E-state index in [0.717, 1.165) is 38.3 Å². The van der Waals surface area contributed by atoms with Crippen LogP contribution in [0.3, 0.4) is 0 Å². The van der Waals surface area contributed by atoms with Gasteiger partial charge in [-0.25, -0.2) is 0 Å². The summed E-state index contributed by atoms with van der Waals surface area (Å²) < 4.78 is 5.66. The second kappa shape index (κ2) is 8.18. The van der Waals surface area contributed by atoms with E-state index in [9.17, 15) is 4.79 Å². The molecule has 0 saturated carbocycles. The van der Waals surface area contributed by atoms with Crippen molar-refractivity contribution in [3.05, 3.63) is 29.8 Å². The standard InChI is InChI=1S/C18H28N2O2/c1-14(2)22-17-7-5-16(6-8-17)15(3)4-9-18(21)20-12-10-19-11-13-20/h5-8,14-15,19H,4,9-13H2,1-3H3. The maximum absolute atomic E-state index is 12.2. The number of carbonyl (C=O) groups excluding carboxylic acids is 1. The maximum Gasteiger partial charge on any atom is 0.222 e. The molecule has 1 heterocycles. The van der Waals surface area contributed by atoms with Crippen LogP contribution in [-0.2, 0) is 4.79 Å². The molecule has 1 atom stereocenters. The summed E-state index contributed by atoms with van der Waals surface area (Å²) in [5.74, 6) is 1.58. The zero-order valence-corrected chi connectivity index (χ0v) is 14.0. The van der Waals surface area contributed by atoms with Gasteiger partial charge in [0.05, 0.1) is 6.10 Å². The molecule has 1 aliphatic rings. The molecule has 4 nitrogen and oxygen atoms in total. The smallest absolute Gasteiger partial charge is 0.222 e. The molecule has 0 radical (unpaired) electrons. The van der Waals surface area contributed by atoms with E-state index in [1.54, 1.807) is 0 Å². The number of hydrogen-bond donors (Lipinski definition) is 1. The van der Waals surface area contributed by atoms with Gasteiger partial charge in [-0.1, -0.05) is 19.1 Å². The van der Waals surface area contributed by atoms with E-state index in [4.69, 9.17) is 4.74 Å². The molecule has 1 amide bonds. The molecule has 0 bridgehead atoms. The minimum Gasteiger partial charge on any atom is -0.491 e. The van der Waals surface area contributed by atoms with Gasteiger partial charge in [0.2, 0.25) is 5.91 Å². The second-order valence-electron chi connectivity index (χ2n) is 6.31. The normalized spacial score (nSPS) is 16.6. The molecule has 4 heteroatoms. The van der Waals surface area contributed by atoms with Gasteiger partial charge in [0, 0.05) is 32.6 Å². The highest BCUT2D eigenvalue weighted by Crippen LogP contribution is 2.24. The molecule has 0 aromatic heterocycles. The quantitative estimate of drug-likeness (QED) is 0.878. The van der Waals surface area contributed by atoms with Crippen LogP contribution >= 0.6 is 0 Å². The number of benzene rings is 1. The number of piperazine rings is 1. The molecule has 0 spiro atoms. The predicted octanol–water partition coefficient (Wildman–Crippen LogP) is 2.79.